The van der Waals surface area contributed by atoms with Gasteiger partial charge in [0.2, 0.25) is 5.91 Å². The second kappa shape index (κ2) is 6.89. The highest BCUT2D eigenvalue weighted by molar-refractivity contribution is 5.94. The van der Waals surface area contributed by atoms with E-state index in [4.69, 9.17) is 0 Å². The molecule has 0 bridgehead atoms. The summed E-state index contributed by atoms with van der Waals surface area (Å²) in [4.78, 5) is 23.4. The molecule has 2 rings (SSSR count). The Bertz CT molecular complexity index is 692. The predicted octanol–water partition coefficient (Wildman–Crippen LogP) is 2.32. The van der Waals surface area contributed by atoms with E-state index < -0.39 is 5.97 Å². The van der Waals surface area contributed by atoms with E-state index in [2.05, 4.69) is 15.2 Å². The van der Waals surface area contributed by atoms with Gasteiger partial charge in [0.15, 0.2) is 0 Å². The van der Waals surface area contributed by atoms with E-state index in [0.717, 1.165) is 11.4 Å². The van der Waals surface area contributed by atoms with Crippen molar-refractivity contribution in [3.63, 3.8) is 0 Å². The number of amides is 1. The molecule has 1 N–H and O–H groups in total. The minimum atomic E-state index is -0.432. The normalized spacial score (nSPS) is 10.3. The van der Waals surface area contributed by atoms with Crippen molar-refractivity contribution >= 4 is 17.6 Å². The highest BCUT2D eigenvalue weighted by atomic mass is 16.5. The second-order valence-corrected chi connectivity index (χ2v) is 5.02. The van der Waals surface area contributed by atoms with Crippen LogP contribution in [0.25, 0.3) is 0 Å². The van der Waals surface area contributed by atoms with Gasteiger partial charge in [-0.25, -0.2) is 4.79 Å². The number of nitrogens with one attached hydrogen (secondary N) is 1. The molecule has 0 atom stereocenters. The van der Waals surface area contributed by atoms with E-state index in [1.807, 2.05) is 19.9 Å². The monoisotopic (exact) mass is 301 g/mol. The maximum absolute atomic E-state index is 12.0. The minimum absolute atomic E-state index is 0.130. The van der Waals surface area contributed by atoms with Crippen LogP contribution in [0, 0.1) is 13.8 Å². The van der Waals surface area contributed by atoms with Crippen LogP contribution in [-0.4, -0.2) is 28.8 Å². The van der Waals surface area contributed by atoms with Crippen molar-refractivity contribution < 1.29 is 14.3 Å². The molecule has 6 heteroatoms. The fourth-order valence-corrected chi connectivity index (χ4v) is 2.17. The Hall–Kier alpha value is -2.63. The molecule has 0 radical (unpaired) electrons. The average molecular weight is 301 g/mol. The number of methoxy groups -OCH3 is 1. The fraction of sp³-hybridized carbons (Fsp3) is 0.312. The Balaban J connectivity index is 1.94. The molecule has 1 heterocycles. The van der Waals surface area contributed by atoms with Crippen molar-refractivity contribution in [3.8, 4) is 0 Å². The standard InChI is InChI=1S/C16H19N3O3/c1-11-9-12(2)19(18-11)8-7-15(20)17-14-6-4-5-13(10-14)16(21)22-3/h4-6,9-10H,7-8H2,1-3H3,(H,17,20). The number of hydrogen-bond donors (Lipinski definition) is 1. The lowest BCUT2D eigenvalue weighted by Gasteiger charge is -2.08. The van der Waals surface area contributed by atoms with Crippen LogP contribution in [0.2, 0.25) is 0 Å². The van der Waals surface area contributed by atoms with Crippen LogP contribution in [-0.2, 0) is 16.1 Å². The lowest BCUT2D eigenvalue weighted by Crippen LogP contribution is -2.16. The van der Waals surface area contributed by atoms with Crippen LogP contribution in [0.5, 0.6) is 0 Å². The first-order valence-electron chi connectivity index (χ1n) is 6.99. The van der Waals surface area contributed by atoms with Crippen LogP contribution in [0.15, 0.2) is 30.3 Å². The Morgan fingerprint density at radius 1 is 1.27 bits per heavy atom. The first-order valence-corrected chi connectivity index (χ1v) is 6.99. The van der Waals surface area contributed by atoms with Gasteiger partial charge in [0, 0.05) is 24.3 Å². The number of hydrogen-bond acceptors (Lipinski definition) is 4. The minimum Gasteiger partial charge on any atom is -0.465 e. The summed E-state index contributed by atoms with van der Waals surface area (Å²) in [5.74, 6) is -0.562. The molecule has 1 aromatic carbocycles. The van der Waals surface area contributed by atoms with Gasteiger partial charge < -0.3 is 10.1 Å². The number of anilines is 1. The van der Waals surface area contributed by atoms with Gasteiger partial charge in [-0.3, -0.25) is 9.48 Å². The number of aryl methyl sites for hydroxylation is 3. The molecule has 0 saturated heterocycles. The van der Waals surface area contributed by atoms with E-state index in [-0.39, 0.29) is 5.91 Å². The van der Waals surface area contributed by atoms with E-state index in [1.54, 1.807) is 28.9 Å². The van der Waals surface area contributed by atoms with Crippen molar-refractivity contribution in [1.29, 1.82) is 0 Å². The van der Waals surface area contributed by atoms with Gasteiger partial charge in [-0.2, -0.15) is 5.10 Å². The number of ether oxygens (including phenoxy) is 1. The van der Waals surface area contributed by atoms with Crippen molar-refractivity contribution in [2.45, 2.75) is 26.8 Å². The Morgan fingerprint density at radius 2 is 2.05 bits per heavy atom. The molecular formula is C16H19N3O3. The summed E-state index contributed by atoms with van der Waals surface area (Å²) in [6, 6.07) is 8.62. The van der Waals surface area contributed by atoms with Gasteiger partial charge in [0.05, 0.1) is 18.4 Å². The zero-order valence-corrected chi connectivity index (χ0v) is 12.9. The highest BCUT2D eigenvalue weighted by Crippen LogP contribution is 2.12. The first-order chi connectivity index (χ1) is 10.5. The first kappa shape index (κ1) is 15.8. The lowest BCUT2D eigenvalue weighted by atomic mass is 10.2. The van der Waals surface area contributed by atoms with Gasteiger partial charge in [0.1, 0.15) is 0 Å². The lowest BCUT2D eigenvalue weighted by molar-refractivity contribution is -0.116. The van der Waals surface area contributed by atoms with Crippen LogP contribution >= 0.6 is 0 Å². The fourth-order valence-electron chi connectivity index (χ4n) is 2.17. The Labute approximate surface area is 129 Å². The summed E-state index contributed by atoms with van der Waals surface area (Å²) in [7, 11) is 1.32. The van der Waals surface area contributed by atoms with E-state index in [0.29, 0.717) is 24.2 Å². The van der Waals surface area contributed by atoms with Crippen LogP contribution in [0.3, 0.4) is 0 Å². The topological polar surface area (TPSA) is 73.2 Å². The maximum Gasteiger partial charge on any atom is 0.337 e. The zero-order chi connectivity index (χ0) is 16.1. The van der Waals surface area contributed by atoms with Crippen LogP contribution in [0.4, 0.5) is 5.69 Å². The van der Waals surface area contributed by atoms with Crippen molar-refractivity contribution in [2.75, 3.05) is 12.4 Å². The van der Waals surface area contributed by atoms with Crippen LogP contribution in [0.1, 0.15) is 28.2 Å². The summed E-state index contributed by atoms with van der Waals surface area (Å²) < 4.78 is 6.46. The molecule has 0 saturated carbocycles. The molecular weight excluding hydrogens is 282 g/mol. The average Bonchev–Trinajstić information content (AvgIpc) is 2.82. The van der Waals surface area contributed by atoms with Crippen molar-refractivity contribution in [2.24, 2.45) is 0 Å². The molecule has 1 amide bonds. The van der Waals surface area contributed by atoms with Gasteiger partial charge in [-0.05, 0) is 38.1 Å². The molecule has 0 unspecified atom stereocenters. The molecule has 0 aliphatic carbocycles. The third-order valence-electron chi connectivity index (χ3n) is 3.22. The largest absolute Gasteiger partial charge is 0.465 e. The molecule has 0 fully saturated rings. The summed E-state index contributed by atoms with van der Waals surface area (Å²) in [5.41, 5.74) is 2.93. The summed E-state index contributed by atoms with van der Waals surface area (Å²) in [6.07, 6.45) is 0.310. The number of nitrogens with zero attached hydrogens (tertiary/aromatic N) is 2. The quantitative estimate of drug-likeness (QED) is 0.860. The van der Waals surface area contributed by atoms with Gasteiger partial charge in [-0.15, -0.1) is 0 Å². The molecule has 22 heavy (non-hydrogen) atoms. The van der Waals surface area contributed by atoms with Gasteiger partial charge in [-0.1, -0.05) is 6.07 Å². The Morgan fingerprint density at radius 3 is 2.68 bits per heavy atom. The number of rotatable bonds is 5. The molecule has 116 valence electrons. The van der Waals surface area contributed by atoms with Crippen molar-refractivity contribution in [1.82, 2.24) is 9.78 Å². The van der Waals surface area contributed by atoms with Gasteiger partial charge in [0.25, 0.3) is 0 Å². The summed E-state index contributed by atoms with van der Waals surface area (Å²) in [6.45, 7) is 4.39. The maximum atomic E-state index is 12.0. The van der Waals surface area contributed by atoms with Crippen molar-refractivity contribution in [3.05, 3.63) is 47.3 Å². The highest BCUT2D eigenvalue weighted by Gasteiger charge is 2.09. The number of esters is 1. The van der Waals surface area contributed by atoms with E-state index in [9.17, 15) is 9.59 Å². The Kier molecular flexibility index (Phi) is 4.93. The molecule has 6 nitrogen and oxygen atoms in total. The third kappa shape index (κ3) is 3.94. The number of carbonyl (C=O) groups excluding carboxylic acids is 2. The molecule has 0 aliphatic rings. The number of benzene rings is 1. The third-order valence-corrected chi connectivity index (χ3v) is 3.22. The summed E-state index contributed by atoms with van der Waals surface area (Å²) >= 11 is 0. The SMILES string of the molecule is COC(=O)c1cccc(NC(=O)CCn2nc(C)cc2C)c1. The second-order valence-electron chi connectivity index (χ2n) is 5.02. The molecule has 1 aromatic heterocycles. The summed E-state index contributed by atoms with van der Waals surface area (Å²) in [5, 5.41) is 7.08. The van der Waals surface area contributed by atoms with E-state index in [1.165, 1.54) is 7.11 Å². The van der Waals surface area contributed by atoms with E-state index >= 15 is 0 Å². The number of aromatic nitrogens is 2. The zero-order valence-electron chi connectivity index (χ0n) is 12.9. The van der Waals surface area contributed by atoms with Crippen LogP contribution < -0.4 is 5.32 Å². The number of carbonyl (C=O) groups is 2. The molecule has 0 spiro atoms. The smallest absolute Gasteiger partial charge is 0.337 e. The predicted molar refractivity (Wildman–Crippen MR) is 82.7 cm³/mol. The molecule has 0 aliphatic heterocycles. The molecule has 2 aromatic rings. The van der Waals surface area contributed by atoms with Gasteiger partial charge >= 0.3 is 5.97 Å².